The number of benzene rings is 2. The van der Waals surface area contributed by atoms with Crippen molar-refractivity contribution in [1.82, 2.24) is 4.57 Å². The second kappa shape index (κ2) is 8.01. The van der Waals surface area contributed by atoms with Crippen LogP contribution in [0, 0.1) is 15.9 Å². The Morgan fingerprint density at radius 2 is 1.96 bits per heavy atom. The molecule has 2 aromatic carbocycles. The average Bonchev–Trinajstić information content (AvgIpc) is 2.65. The molecule has 1 N–H and O–H groups in total. The summed E-state index contributed by atoms with van der Waals surface area (Å²) in [4.78, 5) is 35.4. The zero-order valence-corrected chi connectivity index (χ0v) is 15.0. The van der Waals surface area contributed by atoms with Crippen molar-refractivity contribution >= 4 is 28.9 Å². The Balaban J connectivity index is 1.86. The number of rotatable bonds is 5. The molecule has 0 fully saturated rings. The van der Waals surface area contributed by atoms with E-state index < -0.39 is 22.2 Å². The highest BCUT2D eigenvalue weighted by Gasteiger charge is 2.16. The summed E-state index contributed by atoms with van der Waals surface area (Å²) in [6, 6.07) is 12.4. The first-order valence-corrected chi connectivity index (χ1v) is 8.42. The highest BCUT2D eigenvalue weighted by atomic mass is 35.5. The van der Waals surface area contributed by atoms with E-state index in [-0.39, 0.29) is 28.5 Å². The summed E-state index contributed by atoms with van der Waals surface area (Å²) in [6.07, 6.45) is 1.48. The Hall–Kier alpha value is -3.52. The predicted molar refractivity (Wildman–Crippen MR) is 102 cm³/mol. The highest BCUT2D eigenvalue weighted by Crippen LogP contribution is 2.27. The number of aromatic nitrogens is 1. The number of carbonyl (C=O) groups excluding carboxylic acids is 1. The van der Waals surface area contributed by atoms with Crippen LogP contribution in [0.5, 0.6) is 0 Å². The van der Waals surface area contributed by atoms with Gasteiger partial charge in [-0.2, -0.15) is 0 Å². The van der Waals surface area contributed by atoms with Crippen molar-refractivity contribution in [2.24, 2.45) is 0 Å². The standard InChI is InChI=1S/C19H13ClFN3O4/c20-16-7-6-14(10-17(16)24(27)28)22-18(25)15-5-2-8-23(19(15)26)11-12-3-1-4-13(21)9-12/h1-10H,11H2,(H,22,25). The smallest absolute Gasteiger partial charge is 0.289 e. The lowest BCUT2D eigenvalue weighted by Crippen LogP contribution is -2.29. The molecule has 0 atom stereocenters. The van der Waals surface area contributed by atoms with Gasteiger partial charge >= 0.3 is 0 Å². The molecule has 142 valence electrons. The van der Waals surface area contributed by atoms with Crippen LogP contribution in [0.1, 0.15) is 15.9 Å². The molecule has 0 aliphatic rings. The van der Waals surface area contributed by atoms with Crippen molar-refractivity contribution in [1.29, 1.82) is 0 Å². The lowest BCUT2D eigenvalue weighted by molar-refractivity contribution is -0.384. The number of halogens is 2. The summed E-state index contributed by atoms with van der Waals surface area (Å²) in [5, 5.41) is 13.3. The van der Waals surface area contributed by atoms with Crippen LogP contribution < -0.4 is 10.9 Å². The van der Waals surface area contributed by atoms with Gasteiger partial charge in [-0.1, -0.05) is 23.7 Å². The first kappa shape index (κ1) is 19.2. The number of nitrogens with one attached hydrogen (secondary N) is 1. The Morgan fingerprint density at radius 3 is 2.68 bits per heavy atom. The van der Waals surface area contributed by atoms with Crippen LogP contribution in [0.15, 0.2) is 65.6 Å². The SMILES string of the molecule is O=C(Nc1ccc(Cl)c([N+](=O)[O-])c1)c1cccn(Cc2cccc(F)c2)c1=O. The lowest BCUT2D eigenvalue weighted by atomic mass is 10.2. The van der Waals surface area contributed by atoms with E-state index in [1.54, 1.807) is 6.07 Å². The first-order chi connectivity index (χ1) is 13.3. The van der Waals surface area contributed by atoms with Gasteiger partial charge in [0.25, 0.3) is 17.2 Å². The molecule has 3 rings (SSSR count). The number of nitro groups is 1. The van der Waals surface area contributed by atoms with Crippen LogP contribution in [0.3, 0.4) is 0 Å². The van der Waals surface area contributed by atoms with Crippen molar-refractivity contribution in [2.45, 2.75) is 6.54 Å². The van der Waals surface area contributed by atoms with Gasteiger partial charge in [0.2, 0.25) is 0 Å². The van der Waals surface area contributed by atoms with Crippen LogP contribution >= 0.6 is 11.6 Å². The zero-order valence-electron chi connectivity index (χ0n) is 14.3. The van der Waals surface area contributed by atoms with Crippen molar-refractivity contribution in [3.05, 3.63) is 103 Å². The first-order valence-electron chi connectivity index (χ1n) is 8.04. The molecule has 3 aromatic rings. The third kappa shape index (κ3) is 4.24. The minimum atomic E-state index is -0.727. The van der Waals surface area contributed by atoms with Crippen molar-refractivity contribution in [3.8, 4) is 0 Å². The highest BCUT2D eigenvalue weighted by molar-refractivity contribution is 6.32. The van der Waals surface area contributed by atoms with Gasteiger partial charge in [-0.3, -0.25) is 19.7 Å². The average molecular weight is 402 g/mol. The number of nitro benzene ring substituents is 1. The molecule has 0 radical (unpaired) electrons. The number of anilines is 1. The minimum absolute atomic E-state index is 0.0693. The lowest BCUT2D eigenvalue weighted by Gasteiger charge is -2.09. The van der Waals surface area contributed by atoms with Crippen LogP contribution in [-0.4, -0.2) is 15.4 Å². The van der Waals surface area contributed by atoms with Gasteiger partial charge in [0.15, 0.2) is 0 Å². The van der Waals surface area contributed by atoms with E-state index in [0.717, 1.165) is 6.07 Å². The molecular formula is C19H13ClFN3O4. The number of pyridine rings is 1. The molecule has 7 nitrogen and oxygen atoms in total. The quantitative estimate of drug-likeness (QED) is 0.519. The van der Waals surface area contributed by atoms with Crippen molar-refractivity contribution in [3.63, 3.8) is 0 Å². The summed E-state index contributed by atoms with van der Waals surface area (Å²) in [5.41, 5.74) is -0.408. The van der Waals surface area contributed by atoms with E-state index in [9.17, 15) is 24.1 Å². The minimum Gasteiger partial charge on any atom is -0.322 e. The second-order valence-corrected chi connectivity index (χ2v) is 6.27. The normalized spacial score (nSPS) is 10.5. The molecule has 0 aliphatic heterocycles. The van der Waals surface area contributed by atoms with Crippen molar-refractivity contribution in [2.75, 3.05) is 5.32 Å². The molecule has 9 heteroatoms. The predicted octanol–water partition coefficient (Wildman–Crippen LogP) is 3.85. The van der Waals surface area contributed by atoms with Gasteiger partial charge in [0.1, 0.15) is 16.4 Å². The number of hydrogen-bond donors (Lipinski definition) is 1. The molecular weight excluding hydrogens is 389 g/mol. The molecule has 1 amide bonds. The molecule has 1 heterocycles. The maximum atomic E-state index is 13.3. The number of carbonyl (C=O) groups is 1. The van der Waals surface area contributed by atoms with Gasteiger partial charge in [0.05, 0.1) is 11.5 Å². The fraction of sp³-hybridized carbons (Fsp3) is 0.0526. The summed E-state index contributed by atoms with van der Waals surface area (Å²) in [7, 11) is 0. The molecule has 28 heavy (non-hydrogen) atoms. The number of amides is 1. The number of nitrogens with zero attached hydrogens (tertiary/aromatic N) is 2. The van der Waals surface area contributed by atoms with E-state index in [2.05, 4.69) is 5.32 Å². The summed E-state index contributed by atoms with van der Waals surface area (Å²) in [6.45, 7) is 0.0874. The fourth-order valence-corrected chi connectivity index (χ4v) is 2.78. The molecule has 0 aliphatic carbocycles. The summed E-state index contributed by atoms with van der Waals surface area (Å²) < 4.78 is 14.6. The molecule has 0 saturated carbocycles. The monoisotopic (exact) mass is 401 g/mol. The van der Waals surface area contributed by atoms with Gasteiger partial charge in [0, 0.05) is 18.0 Å². The van der Waals surface area contributed by atoms with E-state index in [1.807, 2.05) is 0 Å². The Kier molecular flexibility index (Phi) is 5.51. The molecule has 0 unspecified atom stereocenters. The van der Waals surface area contributed by atoms with Gasteiger partial charge in [-0.05, 0) is 42.0 Å². The summed E-state index contributed by atoms with van der Waals surface area (Å²) in [5.74, 6) is -1.15. The van der Waals surface area contributed by atoms with Gasteiger partial charge in [-0.25, -0.2) is 4.39 Å². The molecule has 0 saturated heterocycles. The van der Waals surface area contributed by atoms with Gasteiger partial charge < -0.3 is 9.88 Å². The Labute approximate surface area is 163 Å². The van der Waals surface area contributed by atoms with Crippen LogP contribution in [-0.2, 0) is 6.54 Å². The molecule has 0 spiro atoms. The summed E-state index contributed by atoms with van der Waals surface area (Å²) >= 11 is 5.74. The van der Waals surface area contributed by atoms with E-state index >= 15 is 0 Å². The Bertz CT molecular complexity index is 1130. The third-order valence-electron chi connectivity index (χ3n) is 3.91. The van der Waals surface area contributed by atoms with Crippen LogP contribution in [0.2, 0.25) is 5.02 Å². The van der Waals surface area contributed by atoms with Gasteiger partial charge in [-0.15, -0.1) is 0 Å². The topological polar surface area (TPSA) is 94.2 Å². The van der Waals surface area contributed by atoms with Crippen molar-refractivity contribution < 1.29 is 14.1 Å². The second-order valence-electron chi connectivity index (χ2n) is 5.86. The third-order valence-corrected chi connectivity index (χ3v) is 4.23. The maximum absolute atomic E-state index is 13.3. The maximum Gasteiger partial charge on any atom is 0.289 e. The van der Waals surface area contributed by atoms with E-state index in [4.69, 9.17) is 11.6 Å². The fourth-order valence-electron chi connectivity index (χ4n) is 2.59. The van der Waals surface area contributed by atoms with E-state index in [1.165, 1.54) is 53.2 Å². The Morgan fingerprint density at radius 1 is 1.18 bits per heavy atom. The van der Waals surface area contributed by atoms with E-state index in [0.29, 0.717) is 5.56 Å². The zero-order chi connectivity index (χ0) is 20.3. The molecule has 0 bridgehead atoms. The molecule has 1 aromatic heterocycles. The largest absolute Gasteiger partial charge is 0.322 e. The van der Waals surface area contributed by atoms with Crippen LogP contribution in [0.25, 0.3) is 0 Å². The number of hydrogen-bond acceptors (Lipinski definition) is 4. The van der Waals surface area contributed by atoms with Crippen LogP contribution in [0.4, 0.5) is 15.8 Å².